The highest BCUT2D eigenvalue weighted by atomic mass is 32.1. The van der Waals surface area contributed by atoms with Crippen molar-refractivity contribution in [1.82, 2.24) is 4.90 Å². The molecule has 1 fully saturated rings. The number of nitrogens with zero attached hydrogens (tertiary/aromatic N) is 1. The van der Waals surface area contributed by atoms with Gasteiger partial charge in [-0.25, -0.2) is 0 Å². The molecular weight excluding hydrogens is 374 g/mol. The van der Waals surface area contributed by atoms with Gasteiger partial charge >= 0.3 is 5.97 Å². The van der Waals surface area contributed by atoms with E-state index in [-0.39, 0.29) is 5.92 Å². The Hall–Kier alpha value is -1.43. The molecule has 3 nitrogen and oxygen atoms in total. The molecule has 0 amide bonds. The number of carbonyl (C=O) groups is 1. The first kappa shape index (κ1) is 20.3. The lowest BCUT2D eigenvalue weighted by Crippen LogP contribution is -2.39. The van der Waals surface area contributed by atoms with Gasteiger partial charge in [0.1, 0.15) is 0 Å². The highest BCUT2D eigenvalue weighted by molar-refractivity contribution is 7.14. The molecule has 1 aliphatic rings. The van der Waals surface area contributed by atoms with E-state index in [0.29, 0.717) is 6.54 Å². The Morgan fingerprint density at radius 3 is 2.37 bits per heavy atom. The molecule has 27 heavy (non-hydrogen) atoms. The van der Waals surface area contributed by atoms with Crippen molar-refractivity contribution in [2.75, 3.05) is 19.6 Å². The van der Waals surface area contributed by atoms with E-state index < -0.39 is 5.97 Å². The second kappa shape index (κ2) is 9.67. The summed E-state index contributed by atoms with van der Waals surface area (Å²) < 4.78 is 0. The number of aryl methyl sites for hydroxylation is 2. The molecule has 3 rings (SSSR count). The molecular formula is C22H29NO2S2. The topological polar surface area (TPSA) is 40.5 Å². The quantitative estimate of drug-likeness (QED) is 0.628. The zero-order valence-corrected chi connectivity index (χ0v) is 17.9. The monoisotopic (exact) mass is 403 g/mol. The van der Waals surface area contributed by atoms with Crippen molar-refractivity contribution in [3.05, 3.63) is 49.9 Å². The summed E-state index contributed by atoms with van der Waals surface area (Å²) in [5, 5.41) is 13.7. The van der Waals surface area contributed by atoms with Crippen LogP contribution in [0.1, 0.15) is 54.0 Å². The molecule has 0 unspecified atom stereocenters. The molecule has 0 saturated carbocycles. The van der Waals surface area contributed by atoms with E-state index >= 15 is 0 Å². The van der Waals surface area contributed by atoms with Crippen LogP contribution in [0.2, 0.25) is 0 Å². The van der Waals surface area contributed by atoms with Gasteiger partial charge in [-0.2, -0.15) is 0 Å². The largest absolute Gasteiger partial charge is 0.481 e. The molecule has 0 spiro atoms. The van der Waals surface area contributed by atoms with Crippen LogP contribution in [0.15, 0.2) is 29.0 Å². The minimum Gasteiger partial charge on any atom is -0.481 e. The molecule has 2 aromatic rings. The van der Waals surface area contributed by atoms with Crippen molar-refractivity contribution < 1.29 is 9.90 Å². The lowest BCUT2D eigenvalue weighted by molar-refractivity contribution is -0.143. The maximum atomic E-state index is 11.3. The number of carboxylic acids is 1. The van der Waals surface area contributed by atoms with Gasteiger partial charge in [0.15, 0.2) is 0 Å². The van der Waals surface area contributed by atoms with Gasteiger partial charge in [0.05, 0.1) is 5.92 Å². The summed E-state index contributed by atoms with van der Waals surface area (Å²) in [7, 11) is 0. The van der Waals surface area contributed by atoms with Crippen LogP contribution in [0, 0.1) is 5.92 Å². The van der Waals surface area contributed by atoms with E-state index in [1.807, 2.05) is 22.7 Å². The first-order valence-electron chi connectivity index (χ1n) is 9.92. The van der Waals surface area contributed by atoms with Gasteiger partial charge in [0.25, 0.3) is 0 Å². The lowest BCUT2D eigenvalue weighted by atomic mass is 9.98. The maximum Gasteiger partial charge on any atom is 0.307 e. The Morgan fingerprint density at radius 2 is 1.81 bits per heavy atom. The number of rotatable bonds is 8. The predicted octanol–water partition coefficient (Wildman–Crippen LogP) is 5.55. The molecule has 3 heterocycles. The van der Waals surface area contributed by atoms with Crippen molar-refractivity contribution in [2.24, 2.45) is 5.92 Å². The Morgan fingerprint density at radius 1 is 1.19 bits per heavy atom. The van der Waals surface area contributed by atoms with E-state index in [9.17, 15) is 9.90 Å². The SMILES string of the molecule is CCc1ccsc1C(=CCCN1CCC[C@@H](C(=O)O)C1)c1sccc1CC. The Bertz CT molecular complexity index is 746. The molecule has 1 atom stereocenters. The van der Waals surface area contributed by atoms with Crippen LogP contribution in [0.4, 0.5) is 0 Å². The second-order valence-corrected chi connectivity index (χ2v) is 8.97. The average molecular weight is 404 g/mol. The maximum absolute atomic E-state index is 11.3. The first-order valence-corrected chi connectivity index (χ1v) is 11.7. The summed E-state index contributed by atoms with van der Waals surface area (Å²) in [6.07, 6.45) is 7.26. The molecule has 1 saturated heterocycles. The molecule has 1 aliphatic heterocycles. The van der Waals surface area contributed by atoms with Gasteiger partial charge in [0.2, 0.25) is 0 Å². The molecule has 146 valence electrons. The smallest absolute Gasteiger partial charge is 0.307 e. The minimum atomic E-state index is -0.645. The molecule has 1 N–H and O–H groups in total. The Balaban J connectivity index is 1.78. The van der Waals surface area contributed by atoms with Crippen LogP contribution in [0.5, 0.6) is 0 Å². The predicted molar refractivity (Wildman–Crippen MR) is 116 cm³/mol. The third kappa shape index (κ3) is 4.89. The summed E-state index contributed by atoms with van der Waals surface area (Å²) in [4.78, 5) is 16.4. The van der Waals surface area contributed by atoms with Crippen LogP contribution < -0.4 is 0 Å². The van der Waals surface area contributed by atoms with Crippen molar-refractivity contribution in [1.29, 1.82) is 0 Å². The fourth-order valence-electron chi connectivity index (χ4n) is 3.84. The fraction of sp³-hybridized carbons (Fsp3) is 0.500. The van der Waals surface area contributed by atoms with Gasteiger partial charge in [-0.3, -0.25) is 4.79 Å². The molecule has 0 radical (unpaired) electrons. The number of piperidine rings is 1. The summed E-state index contributed by atoms with van der Waals surface area (Å²) in [6, 6.07) is 4.49. The molecule has 0 bridgehead atoms. The highest BCUT2D eigenvalue weighted by Gasteiger charge is 2.24. The molecule has 2 aromatic heterocycles. The Kier molecular flexibility index (Phi) is 7.27. The standard InChI is InChI=1S/C22H29NO2S2/c1-3-16-9-13-26-20(16)19(21-17(4-2)10-14-27-21)8-6-12-23-11-5-7-18(15-23)22(24)25/h8-10,13-14,18H,3-7,11-12,15H2,1-2H3,(H,24,25)/t18-/m1/s1. The van der Waals surface area contributed by atoms with Crippen LogP contribution in [0.25, 0.3) is 5.57 Å². The number of hydrogen-bond donors (Lipinski definition) is 1. The molecule has 5 heteroatoms. The van der Waals surface area contributed by atoms with Crippen LogP contribution in [0.3, 0.4) is 0 Å². The van der Waals surface area contributed by atoms with Gasteiger partial charge < -0.3 is 10.0 Å². The van der Waals surface area contributed by atoms with Crippen molar-refractivity contribution in [2.45, 2.75) is 46.0 Å². The van der Waals surface area contributed by atoms with Crippen molar-refractivity contribution >= 4 is 34.2 Å². The number of hydrogen-bond acceptors (Lipinski definition) is 4. The van der Waals surface area contributed by atoms with E-state index in [1.165, 1.54) is 26.5 Å². The van der Waals surface area contributed by atoms with Gasteiger partial charge in [-0.05, 0) is 72.7 Å². The van der Waals surface area contributed by atoms with E-state index in [4.69, 9.17) is 0 Å². The van der Waals surface area contributed by atoms with E-state index in [2.05, 4.69) is 47.7 Å². The highest BCUT2D eigenvalue weighted by Crippen LogP contribution is 2.36. The first-order chi connectivity index (χ1) is 13.1. The van der Waals surface area contributed by atoms with Crippen LogP contribution in [-0.4, -0.2) is 35.6 Å². The second-order valence-electron chi connectivity index (χ2n) is 7.14. The van der Waals surface area contributed by atoms with Crippen LogP contribution in [-0.2, 0) is 17.6 Å². The van der Waals surface area contributed by atoms with E-state index in [0.717, 1.165) is 45.2 Å². The average Bonchev–Trinajstić information content (AvgIpc) is 3.34. The number of thiophene rings is 2. The zero-order chi connectivity index (χ0) is 19.2. The third-order valence-corrected chi connectivity index (χ3v) is 7.37. The summed E-state index contributed by atoms with van der Waals surface area (Å²) in [5.74, 6) is -0.844. The summed E-state index contributed by atoms with van der Waals surface area (Å²) in [6.45, 7) is 7.09. The van der Waals surface area contributed by atoms with Gasteiger partial charge in [0, 0.05) is 28.4 Å². The number of likely N-dealkylation sites (tertiary alicyclic amines) is 1. The lowest BCUT2D eigenvalue weighted by Gasteiger charge is -2.30. The van der Waals surface area contributed by atoms with Crippen molar-refractivity contribution in [3.63, 3.8) is 0 Å². The van der Waals surface area contributed by atoms with E-state index in [1.54, 1.807) is 0 Å². The zero-order valence-electron chi connectivity index (χ0n) is 16.2. The minimum absolute atomic E-state index is 0.199. The van der Waals surface area contributed by atoms with Crippen molar-refractivity contribution in [3.8, 4) is 0 Å². The van der Waals surface area contributed by atoms with Crippen LogP contribution >= 0.6 is 22.7 Å². The number of aliphatic carboxylic acids is 1. The van der Waals surface area contributed by atoms with Gasteiger partial charge in [-0.1, -0.05) is 19.9 Å². The number of carboxylic acid groups (broad SMARTS) is 1. The normalized spacial score (nSPS) is 17.8. The van der Waals surface area contributed by atoms with Gasteiger partial charge in [-0.15, -0.1) is 22.7 Å². The molecule has 0 aromatic carbocycles. The summed E-state index contributed by atoms with van der Waals surface area (Å²) in [5.41, 5.74) is 4.22. The molecule has 0 aliphatic carbocycles. The third-order valence-electron chi connectivity index (χ3n) is 5.39. The Labute approximate surface area is 170 Å². The fourth-order valence-corrected chi connectivity index (χ4v) is 5.99. The summed E-state index contributed by atoms with van der Waals surface area (Å²) >= 11 is 3.67.